The van der Waals surface area contributed by atoms with Crippen LogP contribution in [0, 0.1) is 12.7 Å². The third kappa shape index (κ3) is 6.95. The number of halogens is 1. The van der Waals surface area contributed by atoms with E-state index >= 15 is 0 Å². The van der Waals surface area contributed by atoms with Gasteiger partial charge >= 0.3 is 0 Å². The minimum Gasteiger partial charge on any atom is -0.352 e. The first-order chi connectivity index (χ1) is 17.5. The fourth-order valence-corrected chi connectivity index (χ4v) is 5.19. The molecule has 3 rings (SSSR count). The molecule has 196 valence electrons. The molecule has 37 heavy (non-hydrogen) atoms. The lowest BCUT2D eigenvalue weighted by atomic mass is 10.1. The van der Waals surface area contributed by atoms with E-state index in [2.05, 4.69) is 5.32 Å². The number of hydrogen-bond acceptors (Lipinski definition) is 4. The molecular weight excluding hydrogens is 493 g/mol. The number of carbonyl (C=O) groups excluding carboxylic acids is 2. The highest BCUT2D eigenvalue weighted by Gasteiger charge is 2.33. The van der Waals surface area contributed by atoms with E-state index in [1.54, 1.807) is 19.1 Å². The van der Waals surface area contributed by atoms with E-state index in [0.29, 0.717) is 0 Å². The van der Waals surface area contributed by atoms with Crippen LogP contribution in [0.1, 0.15) is 31.9 Å². The smallest absolute Gasteiger partial charge is 0.264 e. The Morgan fingerprint density at radius 2 is 1.49 bits per heavy atom. The van der Waals surface area contributed by atoms with Crippen molar-refractivity contribution in [1.82, 2.24) is 10.2 Å². The molecule has 0 saturated carbocycles. The summed E-state index contributed by atoms with van der Waals surface area (Å²) in [5.41, 5.74) is 1.36. The van der Waals surface area contributed by atoms with E-state index < -0.39 is 34.3 Å². The van der Waals surface area contributed by atoms with Gasteiger partial charge in [-0.1, -0.05) is 60.2 Å². The molecular formula is C28H32FN3O4S. The van der Waals surface area contributed by atoms with Crippen molar-refractivity contribution in [3.05, 3.63) is 95.8 Å². The number of hydrogen-bond donors (Lipinski definition) is 1. The molecule has 9 heteroatoms. The fourth-order valence-electron chi connectivity index (χ4n) is 3.77. The molecule has 0 fully saturated rings. The second kappa shape index (κ2) is 12.0. The SMILES string of the molecule is Cc1ccc(S(=O)(=O)N(CC(=O)N(Cc2ccccc2)[C@@H](C)C(=O)NC(C)C)c2ccccc2F)cc1. The van der Waals surface area contributed by atoms with Crippen LogP contribution < -0.4 is 9.62 Å². The maximum absolute atomic E-state index is 14.9. The lowest BCUT2D eigenvalue weighted by molar-refractivity contribution is -0.139. The third-order valence-corrected chi connectivity index (χ3v) is 7.58. The molecule has 0 aromatic heterocycles. The Kier molecular flexibility index (Phi) is 9.04. The van der Waals surface area contributed by atoms with Crippen molar-refractivity contribution >= 4 is 27.5 Å². The molecule has 3 aromatic carbocycles. The van der Waals surface area contributed by atoms with Gasteiger partial charge in [-0.15, -0.1) is 0 Å². The van der Waals surface area contributed by atoms with E-state index in [9.17, 15) is 22.4 Å². The van der Waals surface area contributed by atoms with Crippen LogP contribution in [0.25, 0.3) is 0 Å². The lowest BCUT2D eigenvalue weighted by Crippen LogP contribution is -2.52. The maximum atomic E-state index is 14.9. The van der Waals surface area contributed by atoms with Gasteiger partial charge in [0.05, 0.1) is 10.6 Å². The van der Waals surface area contributed by atoms with Crippen LogP contribution in [0.5, 0.6) is 0 Å². The summed E-state index contributed by atoms with van der Waals surface area (Å²) in [4.78, 5) is 27.8. The van der Waals surface area contributed by atoms with Crippen molar-refractivity contribution in [3.63, 3.8) is 0 Å². The number of para-hydroxylation sites is 1. The number of aryl methyl sites for hydroxylation is 1. The normalized spacial score (nSPS) is 12.2. The summed E-state index contributed by atoms with van der Waals surface area (Å²) in [6.07, 6.45) is 0. The van der Waals surface area contributed by atoms with E-state index in [-0.39, 0.29) is 29.1 Å². The van der Waals surface area contributed by atoms with E-state index in [0.717, 1.165) is 21.5 Å². The highest BCUT2D eigenvalue weighted by Crippen LogP contribution is 2.27. The molecule has 1 atom stereocenters. The van der Waals surface area contributed by atoms with E-state index in [1.807, 2.05) is 51.1 Å². The first kappa shape index (κ1) is 27.9. The third-order valence-electron chi connectivity index (χ3n) is 5.80. The van der Waals surface area contributed by atoms with Crippen LogP contribution in [0.3, 0.4) is 0 Å². The van der Waals surface area contributed by atoms with Gasteiger partial charge < -0.3 is 10.2 Å². The number of anilines is 1. The molecule has 2 amide bonds. The average molecular weight is 526 g/mol. The lowest BCUT2D eigenvalue weighted by Gasteiger charge is -2.32. The molecule has 0 saturated heterocycles. The standard InChI is InChI=1S/C28H32FN3O4S/c1-20(2)30-28(34)22(4)31(18-23-10-6-5-7-11-23)27(33)19-32(26-13-9-8-12-25(26)29)37(35,36)24-16-14-21(3)15-17-24/h5-17,20,22H,18-19H2,1-4H3,(H,30,34)/t22-/m0/s1. The molecule has 0 aliphatic heterocycles. The monoisotopic (exact) mass is 525 g/mol. The van der Waals surface area contributed by atoms with Gasteiger partial charge in [0.1, 0.15) is 18.4 Å². The van der Waals surface area contributed by atoms with Gasteiger partial charge in [0.2, 0.25) is 11.8 Å². The summed E-state index contributed by atoms with van der Waals surface area (Å²) < 4.78 is 43.0. The Morgan fingerprint density at radius 1 is 0.892 bits per heavy atom. The zero-order valence-corrected chi connectivity index (χ0v) is 22.2. The van der Waals surface area contributed by atoms with Crippen molar-refractivity contribution in [2.75, 3.05) is 10.8 Å². The van der Waals surface area contributed by atoms with Crippen molar-refractivity contribution < 1.29 is 22.4 Å². The number of sulfonamides is 1. The zero-order valence-electron chi connectivity index (χ0n) is 21.4. The number of amides is 2. The predicted molar refractivity (Wildman–Crippen MR) is 142 cm³/mol. The first-order valence-electron chi connectivity index (χ1n) is 12.0. The summed E-state index contributed by atoms with van der Waals surface area (Å²) in [6, 6.07) is 19.5. The summed E-state index contributed by atoms with van der Waals surface area (Å²) >= 11 is 0. The molecule has 0 bridgehead atoms. The van der Waals surface area contributed by atoms with Crippen LogP contribution in [-0.2, 0) is 26.2 Å². The largest absolute Gasteiger partial charge is 0.352 e. The Morgan fingerprint density at radius 3 is 2.08 bits per heavy atom. The van der Waals surface area contributed by atoms with Gasteiger partial charge in [0.25, 0.3) is 10.0 Å². The van der Waals surface area contributed by atoms with Gasteiger partial charge in [-0.25, -0.2) is 12.8 Å². The van der Waals surface area contributed by atoms with Crippen molar-refractivity contribution in [1.29, 1.82) is 0 Å². The molecule has 0 aliphatic carbocycles. The van der Waals surface area contributed by atoms with Crippen LogP contribution in [0.15, 0.2) is 83.8 Å². The molecule has 0 spiro atoms. The highest BCUT2D eigenvalue weighted by molar-refractivity contribution is 7.92. The van der Waals surface area contributed by atoms with Crippen LogP contribution in [0.4, 0.5) is 10.1 Å². The Bertz CT molecular complexity index is 1330. The molecule has 0 unspecified atom stereocenters. The fraction of sp³-hybridized carbons (Fsp3) is 0.286. The Balaban J connectivity index is 2.03. The summed E-state index contributed by atoms with van der Waals surface area (Å²) in [5, 5.41) is 2.79. The number of rotatable bonds is 10. The topological polar surface area (TPSA) is 86.8 Å². The molecule has 0 aliphatic rings. The van der Waals surface area contributed by atoms with Crippen LogP contribution in [-0.4, -0.2) is 43.8 Å². The van der Waals surface area contributed by atoms with E-state index in [4.69, 9.17) is 0 Å². The number of nitrogens with zero attached hydrogens (tertiary/aromatic N) is 2. The minimum atomic E-state index is -4.31. The Labute approximate surface area is 218 Å². The summed E-state index contributed by atoms with van der Waals surface area (Å²) in [5.74, 6) is -1.81. The van der Waals surface area contributed by atoms with Gasteiger partial charge in [-0.05, 0) is 57.5 Å². The van der Waals surface area contributed by atoms with E-state index in [1.165, 1.54) is 35.2 Å². The number of benzene rings is 3. The average Bonchev–Trinajstić information content (AvgIpc) is 2.86. The number of nitrogens with one attached hydrogen (secondary N) is 1. The number of carbonyl (C=O) groups is 2. The second-order valence-electron chi connectivity index (χ2n) is 9.12. The zero-order chi connectivity index (χ0) is 27.2. The summed E-state index contributed by atoms with van der Waals surface area (Å²) in [6.45, 7) is 6.40. The van der Waals surface area contributed by atoms with Crippen LogP contribution >= 0.6 is 0 Å². The predicted octanol–water partition coefficient (Wildman–Crippen LogP) is 4.27. The van der Waals surface area contributed by atoms with Crippen molar-refractivity contribution in [3.8, 4) is 0 Å². The van der Waals surface area contributed by atoms with Gasteiger partial charge in [-0.2, -0.15) is 0 Å². The summed E-state index contributed by atoms with van der Waals surface area (Å²) in [7, 11) is -4.31. The second-order valence-corrected chi connectivity index (χ2v) is 11.0. The molecule has 0 heterocycles. The van der Waals surface area contributed by atoms with Crippen molar-refractivity contribution in [2.24, 2.45) is 0 Å². The van der Waals surface area contributed by atoms with Gasteiger partial charge in [0.15, 0.2) is 0 Å². The first-order valence-corrected chi connectivity index (χ1v) is 13.4. The van der Waals surface area contributed by atoms with Crippen molar-refractivity contribution in [2.45, 2.75) is 51.2 Å². The van der Waals surface area contributed by atoms with Crippen LogP contribution in [0.2, 0.25) is 0 Å². The molecule has 1 N–H and O–H groups in total. The minimum absolute atomic E-state index is 0.0715. The Hall–Kier alpha value is -3.72. The highest BCUT2D eigenvalue weighted by atomic mass is 32.2. The van der Waals surface area contributed by atoms with Gasteiger partial charge in [0, 0.05) is 12.6 Å². The quantitative estimate of drug-likeness (QED) is 0.428. The molecule has 7 nitrogen and oxygen atoms in total. The molecule has 3 aromatic rings. The van der Waals surface area contributed by atoms with Gasteiger partial charge in [-0.3, -0.25) is 13.9 Å². The molecule has 0 radical (unpaired) electrons. The maximum Gasteiger partial charge on any atom is 0.264 e.